The van der Waals surface area contributed by atoms with Gasteiger partial charge in [-0.05, 0) is 36.8 Å². The monoisotopic (exact) mass is 460 g/mol. The van der Waals surface area contributed by atoms with Gasteiger partial charge in [0, 0.05) is 23.3 Å². The van der Waals surface area contributed by atoms with Crippen molar-refractivity contribution in [1.29, 1.82) is 0 Å². The molecule has 0 N–H and O–H groups in total. The Hall–Kier alpha value is -4.19. The largest absolute Gasteiger partial charge is 0.497 e. The molecule has 0 saturated carbocycles. The van der Waals surface area contributed by atoms with E-state index in [1.54, 1.807) is 37.7 Å². The van der Waals surface area contributed by atoms with Crippen molar-refractivity contribution in [3.05, 3.63) is 102 Å². The van der Waals surface area contributed by atoms with Gasteiger partial charge in [0.25, 0.3) is 0 Å². The lowest BCUT2D eigenvalue weighted by molar-refractivity contribution is 0.243. The van der Waals surface area contributed by atoms with Crippen molar-refractivity contribution >= 4 is 11.0 Å². The van der Waals surface area contributed by atoms with Crippen molar-refractivity contribution in [3.63, 3.8) is 0 Å². The number of rotatable bonds is 10. The Bertz CT molecular complexity index is 1230. The Morgan fingerprint density at radius 2 is 1.65 bits per heavy atom. The molecule has 1 aliphatic rings. The minimum absolute atomic E-state index is 0.207. The van der Waals surface area contributed by atoms with Gasteiger partial charge in [0.2, 0.25) is 0 Å². The van der Waals surface area contributed by atoms with Crippen LogP contribution in [-0.2, 0) is 11.2 Å². The van der Waals surface area contributed by atoms with Crippen molar-refractivity contribution < 1.29 is 23.4 Å². The van der Waals surface area contributed by atoms with E-state index in [0.717, 1.165) is 23.5 Å². The fourth-order valence-corrected chi connectivity index (χ4v) is 3.22. The summed E-state index contributed by atoms with van der Waals surface area (Å²) in [4.78, 5) is 13.1. The fourth-order valence-electron chi connectivity index (χ4n) is 3.22. The molecule has 2 aromatic carbocycles. The lowest BCUT2D eigenvalue weighted by Gasteiger charge is -2.17. The molecule has 3 aromatic rings. The smallest absolute Gasteiger partial charge is 0.197 e. The SMILES string of the molecule is C1=COC1.C=CCOc1cc2oc(-c3ccc(OC)cc3)cc(=O)c2c(OCC=C)c1CC=C. The van der Waals surface area contributed by atoms with E-state index in [2.05, 4.69) is 24.5 Å². The van der Waals surface area contributed by atoms with Gasteiger partial charge in [-0.1, -0.05) is 31.4 Å². The number of benzene rings is 2. The Morgan fingerprint density at radius 3 is 2.21 bits per heavy atom. The highest BCUT2D eigenvalue weighted by atomic mass is 16.5. The van der Waals surface area contributed by atoms with E-state index in [-0.39, 0.29) is 12.0 Å². The summed E-state index contributed by atoms with van der Waals surface area (Å²) in [6, 6.07) is 10.5. The van der Waals surface area contributed by atoms with E-state index in [0.29, 0.717) is 41.3 Å². The molecule has 1 aromatic heterocycles. The fraction of sp³-hybridized carbons (Fsp3) is 0.179. The van der Waals surface area contributed by atoms with Crippen LogP contribution >= 0.6 is 0 Å². The van der Waals surface area contributed by atoms with Crippen LogP contribution in [-0.4, -0.2) is 26.9 Å². The van der Waals surface area contributed by atoms with E-state index >= 15 is 0 Å². The molecule has 0 atom stereocenters. The van der Waals surface area contributed by atoms with Gasteiger partial charge in [0.15, 0.2) is 5.43 Å². The topological polar surface area (TPSA) is 67.1 Å². The molecule has 0 amide bonds. The first kappa shape index (κ1) is 24.5. The van der Waals surface area contributed by atoms with Gasteiger partial charge in [-0.2, -0.15) is 0 Å². The zero-order chi connectivity index (χ0) is 24.3. The highest BCUT2D eigenvalue weighted by molar-refractivity contribution is 5.88. The molecule has 4 rings (SSSR count). The molecule has 0 fully saturated rings. The third-order valence-electron chi connectivity index (χ3n) is 4.85. The average molecular weight is 461 g/mol. The maximum absolute atomic E-state index is 13.1. The van der Waals surface area contributed by atoms with Crippen LogP contribution in [0, 0.1) is 0 Å². The predicted molar refractivity (Wildman–Crippen MR) is 135 cm³/mol. The summed E-state index contributed by atoms with van der Waals surface area (Å²) in [6.45, 7) is 12.6. The van der Waals surface area contributed by atoms with E-state index in [1.807, 2.05) is 30.3 Å². The van der Waals surface area contributed by atoms with Gasteiger partial charge in [0.1, 0.15) is 53.8 Å². The molecular formula is C28H28O6. The standard InChI is InChI=1S/C25H24O5.C3H4O/c1-5-8-19-22(28-13-6-2)16-23-24(25(19)29-14-7-3)20(26)15-21(30-23)17-9-11-18(27-4)12-10-17;1-2-4-3-1/h5-7,9-12,15-16H,1-3,8,13-14H2,4H3;1-2H,3H2. The first-order chi connectivity index (χ1) is 16.6. The molecule has 0 bridgehead atoms. The second kappa shape index (κ2) is 12.2. The second-order valence-corrected chi connectivity index (χ2v) is 7.16. The molecule has 0 aliphatic carbocycles. The summed E-state index contributed by atoms with van der Waals surface area (Å²) in [6.07, 6.45) is 9.11. The molecule has 176 valence electrons. The summed E-state index contributed by atoms with van der Waals surface area (Å²) in [5.74, 6) is 2.13. The molecule has 34 heavy (non-hydrogen) atoms. The van der Waals surface area contributed by atoms with Crippen molar-refractivity contribution in [3.8, 4) is 28.6 Å². The quantitative estimate of drug-likeness (QED) is 0.353. The van der Waals surface area contributed by atoms with Gasteiger partial charge >= 0.3 is 0 Å². The van der Waals surface area contributed by atoms with E-state index in [4.69, 9.17) is 18.6 Å². The van der Waals surface area contributed by atoms with E-state index < -0.39 is 0 Å². The van der Waals surface area contributed by atoms with Crippen LogP contribution in [0.25, 0.3) is 22.3 Å². The minimum Gasteiger partial charge on any atom is -0.497 e. The number of hydrogen-bond acceptors (Lipinski definition) is 6. The van der Waals surface area contributed by atoms with Crippen LogP contribution in [0.4, 0.5) is 0 Å². The van der Waals surface area contributed by atoms with Gasteiger partial charge in [-0.25, -0.2) is 0 Å². The molecule has 2 heterocycles. The van der Waals surface area contributed by atoms with E-state index in [9.17, 15) is 4.79 Å². The summed E-state index contributed by atoms with van der Waals surface area (Å²) < 4.78 is 27.5. The Kier molecular flexibility index (Phi) is 8.74. The molecule has 0 saturated heterocycles. The van der Waals surface area contributed by atoms with Gasteiger partial charge in [0.05, 0.1) is 13.4 Å². The van der Waals surface area contributed by atoms with Crippen molar-refractivity contribution in [2.24, 2.45) is 0 Å². The molecule has 1 aliphatic heterocycles. The Balaban J connectivity index is 0.000000732. The minimum atomic E-state index is -0.207. The van der Waals surface area contributed by atoms with Crippen LogP contribution in [0.5, 0.6) is 17.2 Å². The van der Waals surface area contributed by atoms with Crippen LogP contribution < -0.4 is 19.6 Å². The molecule has 6 heteroatoms. The van der Waals surface area contributed by atoms with Crippen LogP contribution in [0.1, 0.15) is 5.56 Å². The normalized spacial score (nSPS) is 11.3. The van der Waals surface area contributed by atoms with Crippen molar-refractivity contribution in [2.45, 2.75) is 6.42 Å². The third-order valence-corrected chi connectivity index (χ3v) is 4.85. The average Bonchev–Trinajstić information content (AvgIpc) is 2.81. The lowest BCUT2D eigenvalue weighted by Crippen LogP contribution is -2.09. The van der Waals surface area contributed by atoms with E-state index in [1.165, 1.54) is 6.07 Å². The summed E-state index contributed by atoms with van der Waals surface area (Å²) in [7, 11) is 1.60. The summed E-state index contributed by atoms with van der Waals surface area (Å²) >= 11 is 0. The third kappa shape index (κ3) is 5.78. The highest BCUT2D eigenvalue weighted by Gasteiger charge is 2.20. The molecule has 6 nitrogen and oxygen atoms in total. The number of allylic oxidation sites excluding steroid dienone is 1. The Labute approximate surface area is 199 Å². The van der Waals surface area contributed by atoms with Gasteiger partial charge in [-0.15, -0.1) is 6.58 Å². The van der Waals surface area contributed by atoms with Crippen LogP contribution in [0.15, 0.2) is 95.9 Å². The van der Waals surface area contributed by atoms with Crippen molar-refractivity contribution in [2.75, 3.05) is 26.9 Å². The van der Waals surface area contributed by atoms with Crippen LogP contribution in [0.2, 0.25) is 0 Å². The number of hydrogen-bond donors (Lipinski definition) is 0. The van der Waals surface area contributed by atoms with Crippen LogP contribution in [0.3, 0.4) is 0 Å². The maximum atomic E-state index is 13.1. The predicted octanol–water partition coefficient (Wildman–Crippen LogP) is 5.86. The summed E-state index contributed by atoms with van der Waals surface area (Å²) in [5, 5.41) is 0.358. The van der Waals surface area contributed by atoms with Gasteiger partial charge in [-0.3, -0.25) is 4.79 Å². The zero-order valence-corrected chi connectivity index (χ0v) is 19.3. The Morgan fingerprint density at radius 1 is 1.00 bits per heavy atom. The highest BCUT2D eigenvalue weighted by Crippen LogP contribution is 2.38. The second-order valence-electron chi connectivity index (χ2n) is 7.16. The zero-order valence-electron chi connectivity index (χ0n) is 19.3. The lowest BCUT2D eigenvalue weighted by atomic mass is 10.0. The molecule has 0 spiro atoms. The van der Waals surface area contributed by atoms with Crippen molar-refractivity contribution in [1.82, 2.24) is 0 Å². The maximum Gasteiger partial charge on any atom is 0.197 e. The molecule has 0 unspecified atom stereocenters. The number of fused-ring (bicyclic) bond motifs is 1. The first-order valence-corrected chi connectivity index (χ1v) is 10.8. The molecule has 0 radical (unpaired) electrons. The number of methoxy groups -OCH3 is 1. The first-order valence-electron chi connectivity index (χ1n) is 10.8. The molecular weight excluding hydrogens is 432 g/mol. The summed E-state index contributed by atoms with van der Waals surface area (Å²) in [5.41, 5.74) is 1.65. The number of ether oxygens (including phenoxy) is 4. The van der Waals surface area contributed by atoms with Gasteiger partial charge < -0.3 is 23.4 Å².